The molecule has 134 valence electrons. The number of rotatable bonds is 6. The third-order valence-electron chi connectivity index (χ3n) is 5.50. The Hall–Kier alpha value is 0.294. The van der Waals surface area contributed by atoms with Crippen molar-refractivity contribution in [1.82, 2.24) is 0 Å². The molecule has 1 saturated heterocycles. The maximum Gasteiger partial charge on any atom is 1.00 e. The van der Waals surface area contributed by atoms with Gasteiger partial charge in [-0.1, -0.05) is 53.9 Å². The van der Waals surface area contributed by atoms with Gasteiger partial charge in [0.1, 0.15) is 0 Å². The molecule has 1 fully saturated rings. The van der Waals surface area contributed by atoms with Crippen molar-refractivity contribution < 1.29 is 23.3 Å². The first kappa shape index (κ1) is 24.3. The van der Waals surface area contributed by atoms with Crippen molar-refractivity contribution in [2.24, 2.45) is 17.8 Å². The van der Waals surface area contributed by atoms with Crippen LogP contribution in [0.1, 0.15) is 60.8 Å². The van der Waals surface area contributed by atoms with E-state index in [0.29, 0.717) is 23.8 Å². The van der Waals surface area contributed by atoms with Gasteiger partial charge in [0.05, 0.1) is 0 Å². The van der Waals surface area contributed by atoms with E-state index in [2.05, 4.69) is 66.5 Å². The van der Waals surface area contributed by atoms with Crippen molar-refractivity contribution in [3.63, 3.8) is 0 Å². The Balaban J connectivity index is 0.00000529. The molecule has 0 aromatic rings. The van der Waals surface area contributed by atoms with Gasteiger partial charge < -0.3 is 9.74 Å². The second kappa shape index (κ2) is 10.4. The summed E-state index contributed by atoms with van der Waals surface area (Å²) in [5, 5.41) is 5.16. The SMILES string of the molecule is CCCCC#C[C@@H]1[C@H](CO[Si](C)(C)C(C)(C)C)C[N-][C@H]1C(C)C.[Li+]. The van der Waals surface area contributed by atoms with Crippen LogP contribution in [0.15, 0.2) is 0 Å². The van der Waals surface area contributed by atoms with Crippen LogP contribution in [0.25, 0.3) is 5.32 Å². The largest absolute Gasteiger partial charge is 1.00 e. The van der Waals surface area contributed by atoms with Crippen molar-refractivity contribution in [2.75, 3.05) is 13.2 Å². The van der Waals surface area contributed by atoms with E-state index in [1.54, 1.807) is 0 Å². The number of hydrogen-bond donors (Lipinski definition) is 0. The van der Waals surface area contributed by atoms with Crippen LogP contribution < -0.4 is 18.9 Å². The molecule has 2 nitrogen and oxygen atoms in total. The summed E-state index contributed by atoms with van der Waals surface area (Å²) in [5.74, 6) is 8.41. The van der Waals surface area contributed by atoms with Crippen LogP contribution >= 0.6 is 0 Å². The van der Waals surface area contributed by atoms with Gasteiger partial charge in [-0.3, -0.25) is 0 Å². The molecule has 1 heterocycles. The smallest absolute Gasteiger partial charge is 0.658 e. The Kier molecular flexibility index (Phi) is 10.6. The van der Waals surface area contributed by atoms with Gasteiger partial charge in [0.2, 0.25) is 0 Å². The van der Waals surface area contributed by atoms with Gasteiger partial charge in [0, 0.05) is 18.9 Å². The molecule has 0 amide bonds. The van der Waals surface area contributed by atoms with E-state index in [1.807, 2.05) is 0 Å². The molecule has 0 saturated carbocycles. The zero-order valence-corrected chi connectivity index (χ0v) is 18.7. The van der Waals surface area contributed by atoms with E-state index in [9.17, 15) is 0 Å². The Labute approximate surface area is 164 Å². The third-order valence-corrected chi connectivity index (χ3v) is 10.00. The van der Waals surface area contributed by atoms with Gasteiger partial charge in [-0.2, -0.15) is 0 Å². The number of unbranched alkanes of at least 4 members (excludes halogenated alkanes) is 2. The van der Waals surface area contributed by atoms with Crippen molar-refractivity contribution in [1.29, 1.82) is 0 Å². The van der Waals surface area contributed by atoms with Gasteiger partial charge in [-0.25, -0.2) is 0 Å². The van der Waals surface area contributed by atoms with Crippen LogP contribution in [0.2, 0.25) is 18.1 Å². The summed E-state index contributed by atoms with van der Waals surface area (Å²) in [5.41, 5.74) is 0. The van der Waals surface area contributed by atoms with E-state index in [0.717, 1.165) is 19.6 Å². The second-order valence-electron chi connectivity index (χ2n) is 8.88. The molecule has 1 aliphatic heterocycles. The van der Waals surface area contributed by atoms with Crippen LogP contribution in [0.5, 0.6) is 0 Å². The van der Waals surface area contributed by atoms with Crippen molar-refractivity contribution in [3.05, 3.63) is 5.32 Å². The van der Waals surface area contributed by atoms with E-state index < -0.39 is 8.32 Å². The summed E-state index contributed by atoms with van der Waals surface area (Å²) < 4.78 is 6.47. The third kappa shape index (κ3) is 6.89. The maximum absolute atomic E-state index is 6.47. The molecule has 0 radical (unpaired) electrons. The van der Waals surface area contributed by atoms with E-state index >= 15 is 0 Å². The van der Waals surface area contributed by atoms with Gasteiger partial charge in [0.15, 0.2) is 8.32 Å². The fourth-order valence-electron chi connectivity index (χ4n) is 2.74. The van der Waals surface area contributed by atoms with Crippen LogP contribution in [-0.4, -0.2) is 27.5 Å². The van der Waals surface area contributed by atoms with Gasteiger partial charge in [-0.05, 0) is 30.5 Å². The minimum Gasteiger partial charge on any atom is -0.658 e. The summed E-state index contributed by atoms with van der Waals surface area (Å²) >= 11 is 0. The second-order valence-corrected chi connectivity index (χ2v) is 13.7. The molecule has 0 aromatic carbocycles. The summed E-state index contributed by atoms with van der Waals surface area (Å²) in [6.07, 6.45) is 3.44. The predicted octanol–water partition coefficient (Wildman–Crippen LogP) is 2.85. The van der Waals surface area contributed by atoms with E-state index in [-0.39, 0.29) is 23.9 Å². The normalized spacial score (nSPS) is 24.5. The topological polar surface area (TPSA) is 23.3 Å². The summed E-state index contributed by atoms with van der Waals surface area (Å²) in [7, 11) is -1.69. The van der Waals surface area contributed by atoms with Crippen molar-refractivity contribution in [2.45, 2.75) is 85.0 Å². The molecule has 0 spiro atoms. The van der Waals surface area contributed by atoms with Crippen LogP contribution in [0, 0.1) is 29.6 Å². The minimum absolute atomic E-state index is 0. The predicted molar refractivity (Wildman–Crippen MR) is 104 cm³/mol. The molecule has 0 aromatic heterocycles. The molecule has 1 rings (SSSR count). The summed E-state index contributed by atoms with van der Waals surface area (Å²) in [4.78, 5) is 0. The molecule has 24 heavy (non-hydrogen) atoms. The van der Waals surface area contributed by atoms with Crippen molar-refractivity contribution >= 4 is 8.32 Å². The number of nitrogens with zero attached hydrogens (tertiary/aromatic N) is 1. The zero-order chi connectivity index (χ0) is 17.7. The first-order valence-corrected chi connectivity index (χ1v) is 12.3. The zero-order valence-electron chi connectivity index (χ0n) is 17.7. The quantitative estimate of drug-likeness (QED) is 0.413. The molecule has 3 atom stereocenters. The Morgan fingerprint density at radius 3 is 2.38 bits per heavy atom. The van der Waals surface area contributed by atoms with E-state index in [1.165, 1.54) is 12.8 Å². The molecule has 0 unspecified atom stereocenters. The first-order chi connectivity index (χ1) is 10.6. The average molecular weight is 344 g/mol. The summed E-state index contributed by atoms with van der Waals surface area (Å²) in [6.45, 7) is 20.1. The average Bonchev–Trinajstić information content (AvgIpc) is 2.83. The molecule has 0 bridgehead atoms. The Morgan fingerprint density at radius 1 is 1.25 bits per heavy atom. The van der Waals surface area contributed by atoms with E-state index in [4.69, 9.17) is 9.74 Å². The van der Waals surface area contributed by atoms with Crippen molar-refractivity contribution in [3.8, 4) is 11.8 Å². The molecule has 0 N–H and O–H groups in total. The molecular weight excluding hydrogens is 305 g/mol. The maximum atomic E-state index is 6.47. The standard InChI is InChI=1S/C20H38NOSi.Li/c1-9-10-11-12-13-18-17(14-21-19(18)16(2)3)15-22-23(7,8)20(4,5)6;/h16-19H,9-11,14-15H2,1-8H3;/q-1;+1/t17-,18+,19-;/m0./s1. The minimum atomic E-state index is -1.69. The van der Waals surface area contributed by atoms with Gasteiger partial charge in [-0.15, -0.1) is 24.4 Å². The monoisotopic (exact) mass is 343 g/mol. The molecular formula is C20H38LiNOSi. The Morgan fingerprint density at radius 2 is 1.88 bits per heavy atom. The van der Waals surface area contributed by atoms with Gasteiger partial charge >= 0.3 is 18.9 Å². The fourth-order valence-corrected chi connectivity index (χ4v) is 3.80. The Bertz CT molecular complexity index is 420. The number of hydrogen-bond acceptors (Lipinski definition) is 1. The van der Waals surface area contributed by atoms with Crippen LogP contribution in [-0.2, 0) is 4.43 Å². The summed E-state index contributed by atoms with van der Waals surface area (Å²) in [6, 6.07) is 0.386. The molecule has 1 aliphatic rings. The van der Waals surface area contributed by atoms with Gasteiger partial charge in [0.25, 0.3) is 0 Å². The fraction of sp³-hybridized carbons (Fsp3) is 0.900. The van der Waals surface area contributed by atoms with Crippen LogP contribution in [0.4, 0.5) is 0 Å². The van der Waals surface area contributed by atoms with Crippen LogP contribution in [0.3, 0.4) is 0 Å². The molecule has 4 heteroatoms. The first-order valence-electron chi connectivity index (χ1n) is 9.39. The molecule has 0 aliphatic carbocycles.